The quantitative estimate of drug-likeness (QED) is 0.252. The van der Waals surface area contributed by atoms with Crippen molar-refractivity contribution in [2.24, 2.45) is 17.8 Å². The van der Waals surface area contributed by atoms with Crippen LogP contribution in [0.15, 0.2) is 28.9 Å². The molecule has 4 atom stereocenters. The number of ether oxygens (including phenoxy) is 1. The summed E-state index contributed by atoms with van der Waals surface area (Å²) in [6.07, 6.45) is 3.36. The Morgan fingerprint density at radius 3 is 2.64 bits per heavy atom. The molecule has 180 valence electrons. The van der Waals surface area contributed by atoms with Gasteiger partial charge in [-0.15, -0.1) is 0 Å². The SMILES string of the molecule is CCC1=C([C@H](O)CC/C(C)=C/c2cc(I)c(O)c(OC)c2)[C@H](CO)[C@@H]2C(=O)N(C)C(=O)[C@@H]2C1. The number of likely N-dealkylation sites (tertiary alicyclic amines) is 1. The van der Waals surface area contributed by atoms with Crippen LogP contribution in [0.3, 0.4) is 0 Å². The zero-order valence-electron chi connectivity index (χ0n) is 19.5. The number of carbonyl (C=O) groups excluding carboxylic acids is 2. The van der Waals surface area contributed by atoms with E-state index in [2.05, 4.69) is 22.6 Å². The van der Waals surface area contributed by atoms with Gasteiger partial charge in [-0.2, -0.15) is 0 Å². The van der Waals surface area contributed by atoms with E-state index in [1.165, 1.54) is 19.1 Å². The highest BCUT2D eigenvalue weighted by molar-refractivity contribution is 14.1. The molecule has 0 unspecified atom stereocenters. The predicted molar refractivity (Wildman–Crippen MR) is 134 cm³/mol. The number of halogens is 1. The summed E-state index contributed by atoms with van der Waals surface area (Å²) in [5.41, 5.74) is 3.63. The molecule has 33 heavy (non-hydrogen) atoms. The van der Waals surface area contributed by atoms with Gasteiger partial charge in [-0.1, -0.05) is 24.1 Å². The molecule has 0 bridgehead atoms. The molecule has 1 aliphatic carbocycles. The highest BCUT2D eigenvalue weighted by Crippen LogP contribution is 2.46. The number of hydrogen-bond donors (Lipinski definition) is 3. The molecule has 1 fully saturated rings. The molecule has 1 heterocycles. The van der Waals surface area contributed by atoms with Crippen LogP contribution in [0, 0.1) is 21.3 Å². The lowest BCUT2D eigenvalue weighted by atomic mass is 9.67. The van der Waals surface area contributed by atoms with Crippen LogP contribution >= 0.6 is 22.6 Å². The number of rotatable bonds is 8. The minimum absolute atomic E-state index is 0.110. The average Bonchev–Trinajstić information content (AvgIpc) is 3.02. The number of methoxy groups -OCH3 is 1. The van der Waals surface area contributed by atoms with Crippen molar-refractivity contribution in [1.82, 2.24) is 4.90 Å². The molecule has 0 aromatic heterocycles. The van der Waals surface area contributed by atoms with Gasteiger partial charge in [0, 0.05) is 13.0 Å². The molecule has 0 radical (unpaired) electrons. The second-order valence-electron chi connectivity index (χ2n) is 8.87. The maximum absolute atomic E-state index is 12.7. The van der Waals surface area contributed by atoms with Gasteiger partial charge in [-0.3, -0.25) is 14.5 Å². The average molecular weight is 569 g/mol. The summed E-state index contributed by atoms with van der Waals surface area (Å²) in [5.74, 6) is -1.53. The Labute approximate surface area is 208 Å². The zero-order chi connectivity index (χ0) is 24.4. The molecular weight excluding hydrogens is 537 g/mol. The summed E-state index contributed by atoms with van der Waals surface area (Å²) >= 11 is 2.05. The lowest BCUT2D eigenvalue weighted by Gasteiger charge is -2.36. The molecule has 1 aromatic carbocycles. The van der Waals surface area contributed by atoms with Crippen LogP contribution in [0.1, 0.15) is 45.1 Å². The summed E-state index contributed by atoms with van der Waals surface area (Å²) in [7, 11) is 3.00. The molecule has 1 saturated heterocycles. The molecule has 0 spiro atoms. The van der Waals surface area contributed by atoms with E-state index in [0.29, 0.717) is 35.0 Å². The first-order valence-corrected chi connectivity index (χ1v) is 12.3. The van der Waals surface area contributed by atoms with E-state index >= 15 is 0 Å². The Hall–Kier alpha value is -1.91. The van der Waals surface area contributed by atoms with Crippen molar-refractivity contribution in [2.75, 3.05) is 20.8 Å². The molecule has 7 nitrogen and oxygen atoms in total. The van der Waals surface area contributed by atoms with Crippen molar-refractivity contribution in [3.63, 3.8) is 0 Å². The first-order chi connectivity index (χ1) is 15.6. The van der Waals surface area contributed by atoms with E-state index in [1.54, 1.807) is 6.07 Å². The number of allylic oxidation sites excluding steroid dienone is 2. The molecule has 2 amide bonds. The van der Waals surface area contributed by atoms with E-state index < -0.39 is 23.9 Å². The van der Waals surface area contributed by atoms with Gasteiger partial charge in [0.15, 0.2) is 11.5 Å². The van der Waals surface area contributed by atoms with Gasteiger partial charge in [-0.25, -0.2) is 0 Å². The Kier molecular flexibility index (Phi) is 8.23. The molecule has 8 heteroatoms. The van der Waals surface area contributed by atoms with Gasteiger partial charge in [0.25, 0.3) is 0 Å². The lowest BCUT2D eigenvalue weighted by molar-refractivity contribution is -0.138. The highest BCUT2D eigenvalue weighted by Gasteiger charge is 2.53. The number of benzene rings is 1. The summed E-state index contributed by atoms with van der Waals surface area (Å²) in [4.78, 5) is 26.4. The Balaban J connectivity index is 1.80. The lowest BCUT2D eigenvalue weighted by Crippen LogP contribution is -2.38. The van der Waals surface area contributed by atoms with Crippen molar-refractivity contribution >= 4 is 40.5 Å². The van der Waals surface area contributed by atoms with E-state index in [0.717, 1.165) is 22.3 Å². The number of phenols is 1. The molecule has 1 aromatic rings. The minimum Gasteiger partial charge on any atom is -0.504 e. The van der Waals surface area contributed by atoms with Gasteiger partial charge in [0.1, 0.15) is 0 Å². The Morgan fingerprint density at radius 1 is 1.33 bits per heavy atom. The van der Waals surface area contributed by atoms with Crippen molar-refractivity contribution < 1.29 is 29.6 Å². The van der Waals surface area contributed by atoms with Gasteiger partial charge < -0.3 is 20.1 Å². The van der Waals surface area contributed by atoms with Gasteiger partial charge in [0.2, 0.25) is 11.8 Å². The van der Waals surface area contributed by atoms with Crippen molar-refractivity contribution in [1.29, 1.82) is 0 Å². The van der Waals surface area contributed by atoms with Gasteiger partial charge in [-0.05, 0) is 78.5 Å². The number of fused-ring (bicyclic) bond motifs is 1. The fraction of sp³-hybridized carbons (Fsp3) is 0.520. The summed E-state index contributed by atoms with van der Waals surface area (Å²) in [5, 5.41) is 31.3. The maximum atomic E-state index is 12.7. The fourth-order valence-corrected chi connectivity index (χ4v) is 5.79. The van der Waals surface area contributed by atoms with E-state index in [1.807, 2.05) is 26.0 Å². The number of aromatic hydroxyl groups is 1. The van der Waals surface area contributed by atoms with Gasteiger partial charge >= 0.3 is 0 Å². The first kappa shape index (κ1) is 25.7. The third kappa shape index (κ3) is 4.97. The first-order valence-electron chi connectivity index (χ1n) is 11.2. The van der Waals surface area contributed by atoms with E-state index in [9.17, 15) is 24.9 Å². The number of carbonyl (C=O) groups is 2. The van der Waals surface area contributed by atoms with Crippen LogP contribution in [-0.2, 0) is 9.59 Å². The Bertz CT molecular complexity index is 1000. The van der Waals surface area contributed by atoms with Crippen LogP contribution in [-0.4, -0.2) is 58.9 Å². The second-order valence-corrected chi connectivity index (χ2v) is 10.0. The van der Waals surface area contributed by atoms with E-state index in [4.69, 9.17) is 4.74 Å². The smallest absolute Gasteiger partial charge is 0.233 e. The summed E-state index contributed by atoms with van der Waals surface area (Å²) in [6.45, 7) is 3.68. The number of aliphatic hydroxyl groups excluding tert-OH is 2. The van der Waals surface area contributed by atoms with Crippen molar-refractivity contribution in [3.8, 4) is 11.5 Å². The standard InChI is InChI=1S/C25H32INO6/c1-5-15-11-16-22(25(32)27(3)24(16)31)17(12-28)21(15)19(29)7-6-13(2)8-14-9-18(26)23(30)20(10-14)33-4/h8-10,16-17,19,22,28-30H,5-7,11-12H2,1-4H3/b13-8+/t16-,17+,19-,22-/m1/s1. The molecular formula is C25H32INO6. The predicted octanol–water partition coefficient (Wildman–Crippen LogP) is 3.50. The normalized spacial score (nSPS) is 24.4. The minimum atomic E-state index is -0.801. The topological polar surface area (TPSA) is 107 Å². The number of hydrogen-bond acceptors (Lipinski definition) is 6. The second kappa shape index (κ2) is 10.6. The monoisotopic (exact) mass is 569 g/mol. The van der Waals surface area contributed by atoms with Crippen molar-refractivity contribution in [2.45, 2.75) is 45.6 Å². The van der Waals surface area contributed by atoms with Crippen LogP contribution in [0.5, 0.6) is 11.5 Å². The van der Waals surface area contributed by atoms with Crippen molar-refractivity contribution in [3.05, 3.63) is 38.0 Å². The van der Waals surface area contributed by atoms with Crippen LogP contribution < -0.4 is 4.74 Å². The number of phenolic OH excluding ortho intramolecular Hbond substituents is 1. The fourth-order valence-electron chi connectivity index (χ4n) is 5.16. The zero-order valence-corrected chi connectivity index (χ0v) is 21.6. The highest BCUT2D eigenvalue weighted by atomic mass is 127. The molecule has 0 saturated carbocycles. The molecule has 3 N–H and O–H groups in total. The number of nitrogens with zero attached hydrogens (tertiary/aromatic N) is 1. The van der Waals surface area contributed by atoms with E-state index in [-0.39, 0.29) is 24.2 Å². The van der Waals surface area contributed by atoms with Crippen LogP contribution in [0.4, 0.5) is 0 Å². The van der Waals surface area contributed by atoms with Crippen LogP contribution in [0.2, 0.25) is 0 Å². The third-order valence-electron chi connectivity index (χ3n) is 6.88. The number of imide groups is 1. The molecule has 1 aliphatic heterocycles. The molecule has 3 rings (SSSR count). The van der Waals surface area contributed by atoms with Gasteiger partial charge in [0.05, 0.1) is 35.2 Å². The number of amides is 2. The number of aliphatic hydroxyl groups is 2. The maximum Gasteiger partial charge on any atom is 0.233 e. The third-order valence-corrected chi connectivity index (χ3v) is 7.71. The summed E-state index contributed by atoms with van der Waals surface area (Å²) < 4.78 is 5.91. The van der Waals surface area contributed by atoms with Crippen LogP contribution in [0.25, 0.3) is 6.08 Å². The molecule has 2 aliphatic rings. The largest absolute Gasteiger partial charge is 0.504 e. The summed E-state index contributed by atoms with van der Waals surface area (Å²) in [6, 6.07) is 3.62. The Morgan fingerprint density at radius 2 is 2.03 bits per heavy atom.